The summed E-state index contributed by atoms with van der Waals surface area (Å²) in [5.74, 6) is 0. The van der Waals surface area contributed by atoms with E-state index in [0.717, 1.165) is 29.5 Å². The highest BCUT2D eigenvalue weighted by Gasteiger charge is 2.13. The molecule has 0 aliphatic carbocycles. The van der Waals surface area contributed by atoms with Crippen molar-refractivity contribution in [1.29, 1.82) is 0 Å². The molecule has 2 aromatic rings. The van der Waals surface area contributed by atoms with Gasteiger partial charge in [0.15, 0.2) is 0 Å². The number of nitrogens with zero attached hydrogens (tertiary/aromatic N) is 2. The van der Waals surface area contributed by atoms with Crippen molar-refractivity contribution >= 4 is 22.9 Å². The zero-order valence-corrected chi connectivity index (χ0v) is 12.5. The predicted octanol–water partition coefficient (Wildman–Crippen LogP) is 3.78. The van der Waals surface area contributed by atoms with Gasteiger partial charge in [0.25, 0.3) is 0 Å². The molecule has 0 bridgehead atoms. The van der Waals surface area contributed by atoms with Gasteiger partial charge in [-0.3, -0.25) is 4.68 Å². The van der Waals surface area contributed by atoms with Crippen molar-refractivity contribution in [2.45, 2.75) is 39.9 Å². The van der Waals surface area contributed by atoms with Gasteiger partial charge in [0.1, 0.15) is 0 Å². The summed E-state index contributed by atoms with van der Waals surface area (Å²) < 4.78 is 1.96. The Morgan fingerprint density at radius 3 is 2.94 bits per heavy atom. The topological polar surface area (TPSA) is 29.9 Å². The Labute approximate surface area is 117 Å². The van der Waals surface area contributed by atoms with Crippen LogP contribution in [0, 0.1) is 6.92 Å². The molecule has 0 amide bonds. The summed E-state index contributed by atoms with van der Waals surface area (Å²) in [5, 5.41) is 10.8. The zero-order valence-electron chi connectivity index (χ0n) is 10.9. The maximum absolute atomic E-state index is 6.28. The SMILES string of the molecule is CCn1nc(C)c(Cl)c1CN[C@@H](C)c1cccs1. The Morgan fingerprint density at radius 2 is 2.33 bits per heavy atom. The number of nitrogens with one attached hydrogen (secondary N) is 1. The third-order valence-electron chi connectivity index (χ3n) is 3.00. The van der Waals surface area contributed by atoms with Gasteiger partial charge in [-0.2, -0.15) is 5.10 Å². The first kappa shape index (κ1) is 13.6. The van der Waals surface area contributed by atoms with Crippen LogP contribution in [0.3, 0.4) is 0 Å². The van der Waals surface area contributed by atoms with Gasteiger partial charge in [-0.15, -0.1) is 11.3 Å². The molecule has 0 radical (unpaired) electrons. The first-order valence-corrected chi connectivity index (χ1v) is 7.37. The molecule has 3 nitrogen and oxygen atoms in total. The summed E-state index contributed by atoms with van der Waals surface area (Å²) in [6.45, 7) is 7.78. The van der Waals surface area contributed by atoms with Gasteiger partial charge >= 0.3 is 0 Å². The fraction of sp³-hybridized carbons (Fsp3) is 0.462. The summed E-state index contributed by atoms with van der Waals surface area (Å²) in [6, 6.07) is 4.55. The zero-order chi connectivity index (χ0) is 13.1. The quantitative estimate of drug-likeness (QED) is 0.905. The van der Waals surface area contributed by atoms with E-state index in [1.165, 1.54) is 4.88 Å². The predicted molar refractivity (Wildman–Crippen MR) is 77.2 cm³/mol. The number of aromatic nitrogens is 2. The lowest BCUT2D eigenvalue weighted by Gasteiger charge is -2.13. The van der Waals surface area contributed by atoms with E-state index in [-0.39, 0.29) is 0 Å². The third kappa shape index (κ3) is 2.76. The van der Waals surface area contributed by atoms with Gasteiger partial charge in [-0.05, 0) is 32.2 Å². The molecule has 2 rings (SSSR count). The van der Waals surface area contributed by atoms with Crippen LogP contribution in [-0.4, -0.2) is 9.78 Å². The van der Waals surface area contributed by atoms with Crippen molar-refractivity contribution in [2.24, 2.45) is 0 Å². The number of hydrogen-bond donors (Lipinski definition) is 1. The number of thiophene rings is 1. The maximum atomic E-state index is 6.28. The minimum Gasteiger partial charge on any atom is -0.304 e. The molecular weight excluding hydrogens is 266 g/mol. The average molecular weight is 284 g/mol. The number of rotatable bonds is 5. The van der Waals surface area contributed by atoms with Crippen LogP contribution in [0.15, 0.2) is 17.5 Å². The standard InChI is InChI=1S/C13H18ClN3S/c1-4-17-11(13(14)10(3)16-17)8-15-9(2)12-6-5-7-18-12/h5-7,9,15H,4,8H2,1-3H3/t9-/m0/s1. The minimum absolute atomic E-state index is 0.335. The molecule has 18 heavy (non-hydrogen) atoms. The fourth-order valence-electron chi connectivity index (χ4n) is 1.93. The Morgan fingerprint density at radius 1 is 1.56 bits per heavy atom. The molecule has 5 heteroatoms. The number of aryl methyl sites for hydroxylation is 2. The van der Waals surface area contributed by atoms with Crippen molar-refractivity contribution < 1.29 is 0 Å². The molecule has 98 valence electrons. The van der Waals surface area contributed by atoms with Crippen molar-refractivity contribution in [3.05, 3.63) is 38.8 Å². The molecule has 0 saturated carbocycles. The molecule has 0 aliphatic rings. The van der Waals surface area contributed by atoms with E-state index in [0.29, 0.717) is 6.04 Å². The molecule has 0 aromatic carbocycles. The highest BCUT2D eigenvalue weighted by Crippen LogP contribution is 2.22. The monoisotopic (exact) mass is 283 g/mol. The van der Waals surface area contributed by atoms with Crippen LogP contribution in [0.2, 0.25) is 5.02 Å². The van der Waals surface area contributed by atoms with E-state index < -0.39 is 0 Å². The molecule has 1 N–H and O–H groups in total. The van der Waals surface area contributed by atoms with Gasteiger partial charge in [0, 0.05) is 24.0 Å². The number of hydrogen-bond acceptors (Lipinski definition) is 3. The number of halogens is 1. The molecular formula is C13H18ClN3S. The van der Waals surface area contributed by atoms with Crippen LogP contribution in [0.1, 0.15) is 36.2 Å². The summed E-state index contributed by atoms with van der Waals surface area (Å²) >= 11 is 8.05. The molecule has 0 unspecified atom stereocenters. The lowest BCUT2D eigenvalue weighted by Crippen LogP contribution is -2.19. The highest BCUT2D eigenvalue weighted by atomic mass is 35.5. The van der Waals surface area contributed by atoms with E-state index in [2.05, 4.69) is 41.8 Å². The van der Waals surface area contributed by atoms with Gasteiger partial charge in [0.2, 0.25) is 0 Å². The van der Waals surface area contributed by atoms with Gasteiger partial charge in [-0.1, -0.05) is 17.7 Å². The molecule has 0 spiro atoms. The Hall–Kier alpha value is -0.840. The van der Waals surface area contributed by atoms with E-state index >= 15 is 0 Å². The van der Waals surface area contributed by atoms with Crippen LogP contribution >= 0.6 is 22.9 Å². The van der Waals surface area contributed by atoms with Gasteiger partial charge < -0.3 is 5.32 Å². The molecule has 0 saturated heterocycles. The van der Waals surface area contributed by atoms with Crippen LogP contribution in [0.25, 0.3) is 0 Å². The normalized spacial score (nSPS) is 12.9. The second kappa shape index (κ2) is 5.87. The van der Waals surface area contributed by atoms with Gasteiger partial charge in [-0.25, -0.2) is 0 Å². The summed E-state index contributed by atoms with van der Waals surface area (Å²) in [4.78, 5) is 1.34. The van der Waals surface area contributed by atoms with Crippen LogP contribution in [0.4, 0.5) is 0 Å². The minimum atomic E-state index is 0.335. The molecule has 2 heterocycles. The van der Waals surface area contributed by atoms with Crippen molar-refractivity contribution in [3.63, 3.8) is 0 Å². The summed E-state index contributed by atoms with van der Waals surface area (Å²) in [7, 11) is 0. The van der Waals surface area contributed by atoms with Gasteiger partial charge in [0.05, 0.1) is 16.4 Å². The summed E-state index contributed by atoms with van der Waals surface area (Å²) in [5.41, 5.74) is 1.97. The van der Waals surface area contributed by atoms with E-state index in [9.17, 15) is 0 Å². The largest absolute Gasteiger partial charge is 0.304 e. The lowest BCUT2D eigenvalue weighted by atomic mass is 10.2. The second-order valence-electron chi connectivity index (χ2n) is 4.28. The average Bonchev–Trinajstić information content (AvgIpc) is 2.97. The first-order valence-electron chi connectivity index (χ1n) is 6.12. The summed E-state index contributed by atoms with van der Waals surface area (Å²) in [6.07, 6.45) is 0. The molecule has 0 aliphatic heterocycles. The molecule has 0 fully saturated rings. The van der Waals surface area contributed by atoms with Crippen molar-refractivity contribution in [1.82, 2.24) is 15.1 Å². The van der Waals surface area contributed by atoms with E-state index in [4.69, 9.17) is 11.6 Å². The smallest absolute Gasteiger partial charge is 0.0860 e. The lowest BCUT2D eigenvalue weighted by molar-refractivity contribution is 0.535. The Bertz CT molecular complexity index is 505. The van der Waals surface area contributed by atoms with Crippen molar-refractivity contribution in [3.8, 4) is 0 Å². The fourth-order valence-corrected chi connectivity index (χ4v) is 2.89. The van der Waals surface area contributed by atoms with Crippen LogP contribution in [-0.2, 0) is 13.1 Å². The molecule has 2 aromatic heterocycles. The molecule has 1 atom stereocenters. The maximum Gasteiger partial charge on any atom is 0.0860 e. The second-order valence-corrected chi connectivity index (χ2v) is 5.64. The van der Waals surface area contributed by atoms with Crippen LogP contribution in [0.5, 0.6) is 0 Å². The Kier molecular flexibility index (Phi) is 4.43. The van der Waals surface area contributed by atoms with Crippen LogP contribution < -0.4 is 5.32 Å². The third-order valence-corrected chi connectivity index (χ3v) is 4.55. The van der Waals surface area contributed by atoms with E-state index in [1.54, 1.807) is 11.3 Å². The first-order chi connectivity index (χ1) is 8.63. The van der Waals surface area contributed by atoms with Crippen molar-refractivity contribution in [2.75, 3.05) is 0 Å². The van der Waals surface area contributed by atoms with E-state index in [1.807, 2.05) is 11.6 Å². The Balaban J connectivity index is 2.06. The highest BCUT2D eigenvalue weighted by molar-refractivity contribution is 7.10.